The van der Waals surface area contributed by atoms with Crippen molar-refractivity contribution in [3.63, 3.8) is 0 Å². The first-order valence-corrected chi connectivity index (χ1v) is 23.3. The first kappa shape index (κ1) is 46.5. The second-order valence-corrected chi connectivity index (χ2v) is 17.9. The van der Waals surface area contributed by atoms with E-state index in [9.17, 15) is 24.0 Å². The molecule has 2 aliphatic rings. The van der Waals surface area contributed by atoms with E-state index >= 15 is 0 Å². The molecule has 0 radical (unpaired) electrons. The fraction of sp³-hybridized carbons (Fsp3) is 0.380. The van der Waals surface area contributed by atoms with Crippen molar-refractivity contribution in [1.29, 1.82) is 0 Å². The molecule has 7 rings (SSSR count). The molecule has 0 aliphatic carbocycles. The van der Waals surface area contributed by atoms with Crippen molar-refractivity contribution in [2.45, 2.75) is 81.7 Å². The zero-order valence-corrected chi connectivity index (χ0v) is 38.5. The Hall–Kier alpha value is -6.48. The molecule has 14 nitrogen and oxygen atoms in total. The largest absolute Gasteiger partial charge is 0.496 e. The molecule has 15 heteroatoms. The lowest BCUT2D eigenvalue weighted by Gasteiger charge is -2.29. The summed E-state index contributed by atoms with van der Waals surface area (Å²) in [4.78, 5) is 79.0. The fourth-order valence-corrected chi connectivity index (χ4v) is 9.68. The summed E-state index contributed by atoms with van der Waals surface area (Å²) in [5.41, 5.74) is 6.70. The lowest BCUT2D eigenvalue weighted by molar-refractivity contribution is -0.137. The summed E-state index contributed by atoms with van der Waals surface area (Å²) in [5, 5.41) is 6.44. The van der Waals surface area contributed by atoms with Gasteiger partial charge in [0.05, 0.1) is 24.2 Å². The molecule has 0 spiro atoms. The molecule has 3 aromatic carbocycles. The Labute approximate surface area is 384 Å². The molecule has 5 aromatic rings. The van der Waals surface area contributed by atoms with Crippen molar-refractivity contribution in [1.82, 2.24) is 29.7 Å². The van der Waals surface area contributed by atoms with Gasteiger partial charge in [-0.05, 0) is 67.0 Å². The average molecular weight is 899 g/mol. The first-order valence-electron chi connectivity index (χ1n) is 22.3. The highest BCUT2D eigenvalue weighted by molar-refractivity contribution is 7.99. The Morgan fingerprint density at radius 3 is 2.55 bits per heavy atom. The Morgan fingerprint density at radius 2 is 1.77 bits per heavy atom. The number of imide groups is 1. The number of nitrogens with one attached hydrogen (secondary N) is 2. The third-order valence-electron chi connectivity index (χ3n) is 12.3. The molecule has 2 aliphatic heterocycles. The Balaban J connectivity index is 0.850. The van der Waals surface area contributed by atoms with E-state index in [2.05, 4.69) is 45.1 Å². The molecule has 4 heterocycles. The van der Waals surface area contributed by atoms with Crippen molar-refractivity contribution in [3.8, 4) is 17.0 Å². The Kier molecular flexibility index (Phi) is 15.4. The predicted octanol–water partition coefficient (Wildman–Crippen LogP) is 7.54. The molecule has 0 bridgehead atoms. The summed E-state index contributed by atoms with van der Waals surface area (Å²) in [6.07, 6.45) is 12.6. The molecular formula is C50H58N8O6S. The van der Waals surface area contributed by atoms with Crippen molar-refractivity contribution in [3.05, 3.63) is 108 Å². The van der Waals surface area contributed by atoms with Gasteiger partial charge in [0, 0.05) is 111 Å². The number of unbranched alkanes of at least 4 members (excludes halogenated alkanes) is 5. The van der Waals surface area contributed by atoms with E-state index in [1.807, 2.05) is 74.6 Å². The maximum absolute atomic E-state index is 13.2. The van der Waals surface area contributed by atoms with Crippen molar-refractivity contribution in [2.75, 3.05) is 50.3 Å². The van der Waals surface area contributed by atoms with Crippen LogP contribution in [0, 0.1) is 0 Å². The minimum absolute atomic E-state index is 0.0960. The van der Waals surface area contributed by atoms with Gasteiger partial charge in [0.25, 0.3) is 5.91 Å². The van der Waals surface area contributed by atoms with Crippen LogP contribution in [0.1, 0.15) is 85.1 Å². The fourth-order valence-electron chi connectivity index (χ4n) is 8.59. The van der Waals surface area contributed by atoms with Gasteiger partial charge in [-0.15, -0.1) is 11.8 Å². The number of hydrogen-bond acceptors (Lipinski definition) is 10. The number of rotatable bonds is 21. The van der Waals surface area contributed by atoms with Crippen LogP contribution in [0.4, 0.5) is 11.4 Å². The minimum atomic E-state index is -0.615. The van der Waals surface area contributed by atoms with E-state index in [4.69, 9.17) is 9.72 Å². The monoisotopic (exact) mass is 898 g/mol. The number of amides is 5. The van der Waals surface area contributed by atoms with E-state index in [0.29, 0.717) is 61.7 Å². The van der Waals surface area contributed by atoms with Crippen molar-refractivity contribution >= 4 is 63.6 Å². The smallest absolute Gasteiger partial charge is 0.255 e. The van der Waals surface area contributed by atoms with E-state index in [-0.39, 0.29) is 30.0 Å². The molecule has 1 saturated heterocycles. The van der Waals surface area contributed by atoms with Gasteiger partial charge in [0.1, 0.15) is 17.6 Å². The highest BCUT2D eigenvalue weighted by atomic mass is 32.2. The van der Waals surface area contributed by atoms with E-state index in [1.165, 1.54) is 6.08 Å². The number of aromatic nitrogens is 3. The Morgan fingerprint density at radius 1 is 0.985 bits per heavy atom. The minimum Gasteiger partial charge on any atom is -0.496 e. The molecule has 0 saturated carbocycles. The zero-order chi connectivity index (χ0) is 46.0. The molecular weight excluding hydrogens is 841 g/mol. The van der Waals surface area contributed by atoms with Crippen LogP contribution in [0.2, 0.25) is 0 Å². The number of fused-ring (bicyclic) bond motifs is 2. The van der Waals surface area contributed by atoms with Crippen molar-refractivity contribution in [2.24, 2.45) is 7.05 Å². The number of hydrogen-bond donors (Lipinski definition) is 2. The molecule has 1 unspecified atom stereocenters. The number of carbonyl (C=O) groups is 5. The van der Waals surface area contributed by atoms with Gasteiger partial charge in [0.2, 0.25) is 23.6 Å². The van der Waals surface area contributed by atoms with Gasteiger partial charge in [-0.2, -0.15) is 0 Å². The van der Waals surface area contributed by atoms with Gasteiger partial charge in [-0.25, -0.2) is 9.97 Å². The first-order chi connectivity index (χ1) is 31.4. The number of likely N-dealkylation sites (N-methyl/N-ethyl adjacent to an activating group) is 2. The summed E-state index contributed by atoms with van der Waals surface area (Å²) < 4.78 is 7.96. The van der Waals surface area contributed by atoms with Gasteiger partial charge in [-0.1, -0.05) is 56.5 Å². The van der Waals surface area contributed by atoms with Gasteiger partial charge in [0.15, 0.2) is 0 Å². The number of thioether (sulfide) groups is 1. The zero-order valence-electron chi connectivity index (χ0n) is 37.7. The highest BCUT2D eigenvalue weighted by Crippen LogP contribution is 2.37. The van der Waals surface area contributed by atoms with Crippen LogP contribution < -0.4 is 20.3 Å². The number of benzene rings is 3. The summed E-state index contributed by atoms with van der Waals surface area (Å²) >= 11 is 1.74. The molecule has 340 valence electrons. The SMILES string of the molecule is C=CC(=O)Nc1cc(Cc2nccc(-c3cn(C)c4ccccc34)n2)c(OC)cc1N(C)CCN(C)C(=O)CCCCCCCCSc1cccc2c1CN(C1CCC(=O)NC1=O)C2=O. The maximum atomic E-state index is 13.2. The molecule has 65 heavy (non-hydrogen) atoms. The predicted molar refractivity (Wildman–Crippen MR) is 255 cm³/mol. The second kappa shape index (κ2) is 21.5. The number of methoxy groups -OCH3 is 1. The number of piperidine rings is 1. The second-order valence-electron chi connectivity index (χ2n) is 16.7. The Bertz CT molecular complexity index is 2590. The van der Waals surface area contributed by atoms with E-state index in [0.717, 1.165) is 88.1 Å². The maximum Gasteiger partial charge on any atom is 0.255 e. The van der Waals surface area contributed by atoms with Crippen LogP contribution in [-0.2, 0) is 39.2 Å². The van der Waals surface area contributed by atoms with Gasteiger partial charge < -0.3 is 29.3 Å². The normalized spacial score (nSPS) is 14.6. The van der Waals surface area contributed by atoms with Crippen LogP contribution in [0.25, 0.3) is 22.2 Å². The van der Waals surface area contributed by atoms with Crippen LogP contribution in [0.5, 0.6) is 5.75 Å². The molecule has 1 fully saturated rings. The summed E-state index contributed by atoms with van der Waals surface area (Å²) in [7, 11) is 7.40. The number of anilines is 2. The number of carbonyl (C=O) groups excluding carboxylic acids is 5. The topological polar surface area (TPSA) is 159 Å². The third-order valence-corrected chi connectivity index (χ3v) is 13.4. The van der Waals surface area contributed by atoms with E-state index in [1.54, 1.807) is 34.9 Å². The van der Waals surface area contributed by atoms with Gasteiger partial charge >= 0.3 is 0 Å². The van der Waals surface area contributed by atoms with Crippen LogP contribution in [-0.4, -0.2) is 100.0 Å². The number of nitrogens with zero attached hydrogens (tertiary/aromatic N) is 6. The standard InChI is InChI=1S/C50H58N8O6S/c1-6-46(59)53-39-28-33(29-45-51-24-23-38(52-45)36-31-57(4)40-18-13-12-16-34(36)40)43(64-5)30-42(39)55(2)25-26-56(3)48(61)20-11-9-7-8-10-14-27-65-44-19-15-17-35-37(44)32-58(50(35)63)41-21-22-47(60)54-49(41)62/h6,12-13,15-19,23-24,28,30-31,41H,1,7-11,14,20-22,25-27,29,32H2,2-5H3,(H,53,59)(H,54,60,62). The lowest BCUT2D eigenvalue weighted by atomic mass is 10.0. The van der Waals surface area contributed by atoms with Gasteiger partial charge in [-0.3, -0.25) is 29.3 Å². The van der Waals surface area contributed by atoms with Crippen LogP contribution in [0.15, 0.2) is 90.6 Å². The van der Waals surface area contributed by atoms with Crippen LogP contribution >= 0.6 is 11.8 Å². The average Bonchev–Trinajstić information content (AvgIpc) is 3.83. The lowest BCUT2D eigenvalue weighted by Crippen LogP contribution is -2.52. The highest BCUT2D eigenvalue weighted by Gasteiger charge is 2.39. The number of aryl methyl sites for hydroxylation is 1. The number of ether oxygens (including phenoxy) is 1. The molecule has 2 N–H and O–H groups in total. The third kappa shape index (κ3) is 11.1. The summed E-state index contributed by atoms with van der Waals surface area (Å²) in [6.45, 7) is 5.05. The van der Waals surface area contributed by atoms with Crippen LogP contribution in [0.3, 0.4) is 0 Å². The van der Waals surface area contributed by atoms with Crippen molar-refractivity contribution < 1.29 is 28.7 Å². The number of para-hydroxylation sites is 1. The quantitative estimate of drug-likeness (QED) is 0.0326. The van der Waals surface area contributed by atoms with E-state index < -0.39 is 11.9 Å². The molecule has 1 atom stereocenters. The molecule has 5 amide bonds. The molecule has 2 aromatic heterocycles. The summed E-state index contributed by atoms with van der Waals surface area (Å²) in [5.74, 6) is 1.09. The summed E-state index contributed by atoms with van der Waals surface area (Å²) in [6, 6.07) is 19.1.